The first kappa shape index (κ1) is 17.2. The van der Waals surface area contributed by atoms with Gasteiger partial charge in [-0.15, -0.1) is 0 Å². The normalized spacial score (nSPS) is 32.1. The summed E-state index contributed by atoms with van der Waals surface area (Å²) in [7, 11) is 0. The van der Waals surface area contributed by atoms with Gasteiger partial charge in [-0.1, -0.05) is 13.3 Å². The van der Waals surface area contributed by atoms with E-state index in [-0.39, 0.29) is 5.54 Å². The van der Waals surface area contributed by atoms with Crippen molar-refractivity contribution in [3.05, 3.63) is 0 Å². The topological polar surface area (TPSA) is 38.7 Å². The highest BCUT2D eigenvalue weighted by Gasteiger charge is 2.41. The van der Waals surface area contributed by atoms with Crippen molar-refractivity contribution in [2.24, 2.45) is 5.92 Å². The first-order valence-electron chi connectivity index (χ1n) is 8.93. The highest BCUT2D eigenvalue weighted by Crippen LogP contribution is 2.37. The van der Waals surface area contributed by atoms with Gasteiger partial charge in [0.15, 0.2) is 0 Å². The van der Waals surface area contributed by atoms with Crippen molar-refractivity contribution in [1.82, 2.24) is 15.1 Å². The third-order valence-corrected chi connectivity index (χ3v) is 5.70. The smallest absolute Gasteiger partial charge is 0.0616 e. The van der Waals surface area contributed by atoms with Gasteiger partial charge in [0.05, 0.1) is 6.61 Å². The van der Waals surface area contributed by atoms with Crippen molar-refractivity contribution in [2.75, 3.05) is 45.9 Å². The van der Waals surface area contributed by atoms with Gasteiger partial charge in [-0.2, -0.15) is 0 Å². The van der Waals surface area contributed by atoms with E-state index in [2.05, 4.69) is 35.9 Å². The number of aliphatic hydroxyl groups is 1. The van der Waals surface area contributed by atoms with Crippen LogP contribution >= 0.6 is 0 Å². The summed E-state index contributed by atoms with van der Waals surface area (Å²) in [6.45, 7) is 14.0. The lowest BCUT2D eigenvalue weighted by molar-refractivity contribution is 0.0859. The van der Waals surface area contributed by atoms with Crippen molar-refractivity contribution in [3.63, 3.8) is 0 Å². The molecule has 1 aliphatic carbocycles. The molecule has 0 radical (unpaired) electrons. The SMILES string of the molecule is CCNC1(CO)CCCC1CCN1CCN(C(C)C)CC1. The van der Waals surface area contributed by atoms with Gasteiger partial charge in [0.25, 0.3) is 0 Å². The fraction of sp³-hybridized carbons (Fsp3) is 1.00. The maximum Gasteiger partial charge on any atom is 0.0616 e. The third-order valence-electron chi connectivity index (χ3n) is 5.70. The highest BCUT2D eigenvalue weighted by atomic mass is 16.3. The maximum atomic E-state index is 9.87. The van der Waals surface area contributed by atoms with E-state index in [1.165, 1.54) is 52.0 Å². The first-order valence-corrected chi connectivity index (χ1v) is 8.93. The molecule has 2 N–H and O–H groups in total. The molecule has 1 heterocycles. The number of piperazine rings is 1. The van der Waals surface area contributed by atoms with Gasteiger partial charge in [-0.25, -0.2) is 0 Å². The zero-order valence-corrected chi connectivity index (χ0v) is 14.3. The summed E-state index contributed by atoms with van der Waals surface area (Å²) in [5.74, 6) is 0.644. The summed E-state index contributed by atoms with van der Waals surface area (Å²) < 4.78 is 0. The molecule has 4 heteroatoms. The van der Waals surface area contributed by atoms with Crippen LogP contribution in [0.5, 0.6) is 0 Å². The number of nitrogens with one attached hydrogen (secondary N) is 1. The van der Waals surface area contributed by atoms with Gasteiger partial charge < -0.3 is 15.3 Å². The van der Waals surface area contributed by atoms with Crippen molar-refractivity contribution in [1.29, 1.82) is 0 Å². The Bertz CT molecular complexity index is 302. The van der Waals surface area contributed by atoms with Crippen LogP contribution in [-0.4, -0.2) is 72.4 Å². The molecule has 0 aromatic heterocycles. The van der Waals surface area contributed by atoms with E-state index in [1.54, 1.807) is 0 Å². The maximum absolute atomic E-state index is 9.87. The number of rotatable bonds is 7. The Morgan fingerprint density at radius 2 is 1.95 bits per heavy atom. The highest BCUT2D eigenvalue weighted by molar-refractivity contribution is 4.99. The lowest BCUT2D eigenvalue weighted by Gasteiger charge is -2.39. The monoisotopic (exact) mass is 297 g/mol. The van der Waals surface area contributed by atoms with E-state index in [0.29, 0.717) is 18.6 Å². The van der Waals surface area contributed by atoms with Crippen LogP contribution in [0.1, 0.15) is 46.5 Å². The minimum atomic E-state index is 0.00844. The second-order valence-electron chi connectivity index (χ2n) is 7.19. The van der Waals surface area contributed by atoms with E-state index in [4.69, 9.17) is 0 Å². The number of hydrogen-bond donors (Lipinski definition) is 2. The predicted molar refractivity (Wildman–Crippen MR) is 88.6 cm³/mol. The fourth-order valence-corrected chi connectivity index (χ4v) is 4.26. The quantitative estimate of drug-likeness (QED) is 0.748. The van der Waals surface area contributed by atoms with E-state index in [9.17, 15) is 5.11 Å². The van der Waals surface area contributed by atoms with Crippen molar-refractivity contribution in [3.8, 4) is 0 Å². The fourth-order valence-electron chi connectivity index (χ4n) is 4.26. The molecule has 1 saturated heterocycles. The Balaban J connectivity index is 1.78. The molecule has 21 heavy (non-hydrogen) atoms. The predicted octanol–water partition coefficient (Wildman–Crippen LogP) is 1.54. The van der Waals surface area contributed by atoms with E-state index in [1.807, 2.05) is 0 Å². The molecule has 2 unspecified atom stereocenters. The van der Waals surface area contributed by atoms with E-state index < -0.39 is 0 Å². The second-order valence-corrected chi connectivity index (χ2v) is 7.19. The number of nitrogens with zero attached hydrogens (tertiary/aromatic N) is 2. The van der Waals surface area contributed by atoms with Crippen LogP contribution < -0.4 is 5.32 Å². The molecular formula is C17H35N3O. The Hall–Kier alpha value is -0.160. The van der Waals surface area contributed by atoms with Gasteiger partial charge in [0.2, 0.25) is 0 Å². The number of hydrogen-bond acceptors (Lipinski definition) is 4. The van der Waals surface area contributed by atoms with Crippen molar-refractivity contribution < 1.29 is 5.11 Å². The summed E-state index contributed by atoms with van der Waals surface area (Å²) in [4.78, 5) is 5.19. The largest absolute Gasteiger partial charge is 0.394 e. The Labute approximate surface area is 130 Å². The van der Waals surface area contributed by atoms with Crippen LogP contribution in [0.4, 0.5) is 0 Å². The van der Waals surface area contributed by atoms with Gasteiger partial charge in [-0.3, -0.25) is 4.90 Å². The van der Waals surface area contributed by atoms with Crippen molar-refractivity contribution >= 4 is 0 Å². The van der Waals surface area contributed by atoms with Gasteiger partial charge in [-0.05, 0) is 52.1 Å². The summed E-state index contributed by atoms with van der Waals surface area (Å²) in [6.07, 6.45) is 4.91. The molecule has 2 atom stereocenters. The Morgan fingerprint density at radius 1 is 1.24 bits per heavy atom. The zero-order chi connectivity index (χ0) is 15.3. The molecule has 0 bridgehead atoms. The van der Waals surface area contributed by atoms with Crippen LogP contribution in [0.15, 0.2) is 0 Å². The van der Waals surface area contributed by atoms with E-state index in [0.717, 1.165) is 13.0 Å². The molecule has 0 aromatic carbocycles. The van der Waals surface area contributed by atoms with Gasteiger partial charge in [0.1, 0.15) is 0 Å². The lowest BCUT2D eigenvalue weighted by Crippen LogP contribution is -2.53. The molecular weight excluding hydrogens is 262 g/mol. The van der Waals surface area contributed by atoms with E-state index >= 15 is 0 Å². The summed E-state index contributed by atoms with van der Waals surface area (Å²) in [5, 5.41) is 13.5. The Morgan fingerprint density at radius 3 is 2.52 bits per heavy atom. The molecule has 0 amide bonds. The molecule has 1 aliphatic heterocycles. The van der Waals surface area contributed by atoms with Crippen LogP contribution in [0.2, 0.25) is 0 Å². The molecule has 0 aromatic rings. The average Bonchev–Trinajstić information content (AvgIpc) is 2.89. The molecule has 2 fully saturated rings. The van der Waals surface area contributed by atoms with Crippen LogP contribution in [0.25, 0.3) is 0 Å². The minimum absolute atomic E-state index is 0.00844. The molecule has 124 valence electrons. The third kappa shape index (κ3) is 4.19. The standard InChI is InChI=1S/C17H35N3O/c1-4-18-17(14-21)8-5-6-16(17)7-9-19-10-12-20(13-11-19)15(2)3/h15-16,18,21H,4-14H2,1-3H3. The van der Waals surface area contributed by atoms with Crippen LogP contribution in [-0.2, 0) is 0 Å². The summed E-state index contributed by atoms with van der Waals surface area (Å²) in [5.41, 5.74) is 0.00844. The van der Waals surface area contributed by atoms with Crippen LogP contribution in [0, 0.1) is 5.92 Å². The first-order chi connectivity index (χ1) is 10.1. The molecule has 1 saturated carbocycles. The Kier molecular flexibility index (Phi) is 6.48. The zero-order valence-electron chi connectivity index (χ0n) is 14.3. The van der Waals surface area contributed by atoms with Crippen molar-refractivity contribution in [2.45, 2.75) is 58.0 Å². The summed E-state index contributed by atoms with van der Waals surface area (Å²) >= 11 is 0. The molecule has 0 spiro atoms. The van der Waals surface area contributed by atoms with Gasteiger partial charge >= 0.3 is 0 Å². The van der Waals surface area contributed by atoms with Crippen LogP contribution in [0.3, 0.4) is 0 Å². The average molecular weight is 297 g/mol. The molecule has 4 nitrogen and oxygen atoms in total. The molecule has 2 rings (SSSR count). The second kappa shape index (κ2) is 7.91. The van der Waals surface area contributed by atoms with Gasteiger partial charge in [0, 0.05) is 37.8 Å². The molecule has 2 aliphatic rings. The number of likely N-dealkylation sites (N-methyl/N-ethyl adjacent to an activating group) is 1. The number of aliphatic hydroxyl groups excluding tert-OH is 1. The lowest BCUT2D eigenvalue weighted by atomic mass is 9.85. The summed E-state index contributed by atoms with van der Waals surface area (Å²) in [6, 6.07) is 0.678. The minimum Gasteiger partial charge on any atom is -0.394 e.